The molecule has 0 aliphatic rings. The van der Waals surface area contributed by atoms with Crippen molar-refractivity contribution in [2.24, 2.45) is 5.73 Å². The van der Waals surface area contributed by atoms with E-state index in [1.807, 2.05) is 6.92 Å². The van der Waals surface area contributed by atoms with E-state index in [2.05, 4.69) is 11.0 Å². The summed E-state index contributed by atoms with van der Waals surface area (Å²) in [4.78, 5) is 30.6. The average Bonchev–Trinajstić information content (AvgIpc) is 3.31. The molecular weight excluding hydrogens is 524 g/mol. The molecule has 39 heavy (non-hydrogen) atoms. The van der Waals surface area contributed by atoms with Gasteiger partial charge in [0.25, 0.3) is 0 Å². The zero-order valence-corrected chi connectivity index (χ0v) is 21.7. The molecule has 0 spiro atoms. The summed E-state index contributed by atoms with van der Waals surface area (Å²) in [6.07, 6.45) is -2.12. The lowest BCUT2D eigenvalue weighted by Crippen LogP contribution is -2.41. The highest BCUT2D eigenvalue weighted by Crippen LogP contribution is 2.21. The molecule has 1 atom stereocenters. The van der Waals surface area contributed by atoms with Crippen molar-refractivity contribution in [3.8, 4) is 22.9 Å². The largest absolute Gasteiger partial charge is 0.561 e. The molecule has 0 aliphatic heterocycles. The van der Waals surface area contributed by atoms with E-state index in [1.165, 1.54) is 0 Å². The van der Waals surface area contributed by atoms with Crippen LogP contribution in [0.1, 0.15) is 17.4 Å². The van der Waals surface area contributed by atoms with Crippen LogP contribution in [0.4, 0.5) is 9.59 Å². The molecule has 0 aliphatic carbocycles. The van der Waals surface area contributed by atoms with E-state index in [0.717, 1.165) is 5.69 Å². The van der Waals surface area contributed by atoms with Gasteiger partial charge in [0.2, 0.25) is 0 Å². The lowest BCUT2D eigenvalue weighted by atomic mass is 10.2. The van der Waals surface area contributed by atoms with Gasteiger partial charge < -0.3 is 23.6 Å². The Morgan fingerprint density at radius 2 is 1.54 bits per heavy atom. The molecule has 2 N–H and O–H groups in total. The second-order valence-electron chi connectivity index (χ2n) is 8.11. The van der Waals surface area contributed by atoms with Gasteiger partial charge in [-0.25, -0.2) is 14.3 Å². The van der Waals surface area contributed by atoms with Crippen molar-refractivity contribution in [3.63, 3.8) is 0 Å². The third-order valence-electron chi connectivity index (χ3n) is 5.20. The van der Waals surface area contributed by atoms with Crippen LogP contribution in [0, 0.1) is 6.92 Å². The van der Waals surface area contributed by atoms with Crippen molar-refractivity contribution >= 4 is 28.8 Å². The molecule has 0 saturated heterocycles. The minimum atomic E-state index is -1.69. The Hall–Kier alpha value is -4.81. The maximum absolute atomic E-state index is 12.9. The fraction of sp³-hybridized carbons (Fsp3) is 0.111. The number of aromatic nitrogens is 2. The maximum Gasteiger partial charge on any atom is 0.539 e. The molecule has 0 radical (unpaired) electrons. The van der Waals surface area contributed by atoms with Crippen LogP contribution in [0.25, 0.3) is 5.69 Å². The highest BCUT2D eigenvalue weighted by Gasteiger charge is 2.27. The Labute approximate surface area is 226 Å². The lowest BCUT2D eigenvalue weighted by molar-refractivity contribution is -0.0924. The van der Waals surface area contributed by atoms with Crippen LogP contribution in [0.5, 0.6) is 17.2 Å². The van der Waals surface area contributed by atoms with E-state index < -0.39 is 29.0 Å². The summed E-state index contributed by atoms with van der Waals surface area (Å²) >= 11 is 0. The van der Waals surface area contributed by atoms with E-state index in [4.69, 9.17) is 24.2 Å². The standard InChI is InChI=1S/C27H25N4O7S/c1-19-17-25(29-31(19)20-13-15-23(16-14-20)38-39(2)34)24(28)18-30(26(32)35-21-9-5-3-6-10-21)37-27(33)36-22-11-7-4-8-12-22/h3-17,24H,2,18,28H2,1H3/q-1. The predicted molar refractivity (Wildman–Crippen MR) is 144 cm³/mol. The van der Waals surface area contributed by atoms with Gasteiger partial charge in [0.1, 0.15) is 11.5 Å². The number of aryl methyl sites for hydroxylation is 1. The van der Waals surface area contributed by atoms with Crippen LogP contribution in [0.3, 0.4) is 0 Å². The number of rotatable bonds is 8. The van der Waals surface area contributed by atoms with Gasteiger partial charge in [-0.05, 0) is 61.5 Å². The van der Waals surface area contributed by atoms with Crippen molar-refractivity contribution in [1.29, 1.82) is 0 Å². The first kappa shape index (κ1) is 27.2. The van der Waals surface area contributed by atoms with Crippen molar-refractivity contribution in [2.75, 3.05) is 6.54 Å². The molecule has 0 saturated carbocycles. The van der Waals surface area contributed by atoms with Crippen LogP contribution < -0.4 is 19.4 Å². The zero-order chi connectivity index (χ0) is 27.8. The molecule has 3 aromatic carbocycles. The Kier molecular flexibility index (Phi) is 8.82. The topological polar surface area (TPSA) is 135 Å². The van der Waals surface area contributed by atoms with Crippen molar-refractivity contribution < 1.29 is 32.3 Å². The van der Waals surface area contributed by atoms with Crippen LogP contribution in [-0.4, -0.2) is 39.5 Å². The molecule has 1 heterocycles. The Morgan fingerprint density at radius 1 is 0.949 bits per heavy atom. The number of hydrogen-bond acceptors (Lipinski definition) is 10. The van der Waals surface area contributed by atoms with Crippen LogP contribution in [0.15, 0.2) is 91.0 Å². The minimum absolute atomic E-state index is 0.232. The van der Waals surface area contributed by atoms with Crippen molar-refractivity contribution in [1.82, 2.24) is 14.8 Å². The molecule has 4 aromatic rings. The number of benzene rings is 3. The van der Waals surface area contributed by atoms with Crippen molar-refractivity contribution in [3.05, 3.63) is 102 Å². The molecule has 202 valence electrons. The van der Waals surface area contributed by atoms with Crippen molar-refractivity contribution in [2.45, 2.75) is 13.0 Å². The molecular formula is C27H25N4O7S-. The first-order valence-corrected chi connectivity index (χ1v) is 12.8. The van der Waals surface area contributed by atoms with Gasteiger partial charge in [-0.1, -0.05) is 36.4 Å². The van der Waals surface area contributed by atoms with Crippen LogP contribution >= 0.6 is 0 Å². The predicted octanol–water partition coefficient (Wildman–Crippen LogP) is 4.50. The van der Waals surface area contributed by atoms with E-state index in [9.17, 15) is 13.8 Å². The molecule has 0 fully saturated rings. The highest BCUT2D eigenvalue weighted by atomic mass is 32.2. The van der Waals surface area contributed by atoms with E-state index in [-0.39, 0.29) is 18.0 Å². The molecule has 1 amide bonds. The number of nitrogens with two attached hydrogens (primary N) is 1. The number of hydrogen-bond donors (Lipinski definition) is 1. The number of para-hydroxylation sites is 2. The molecule has 11 nitrogen and oxygen atoms in total. The van der Waals surface area contributed by atoms with E-state index >= 15 is 0 Å². The Bertz CT molecular complexity index is 1480. The highest BCUT2D eigenvalue weighted by molar-refractivity contribution is 7.77. The summed E-state index contributed by atoms with van der Waals surface area (Å²) in [7, 11) is -1.69. The van der Waals surface area contributed by atoms with Gasteiger partial charge in [0, 0.05) is 5.69 Å². The quantitative estimate of drug-likeness (QED) is 0.111. The summed E-state index contributed by atoms with van der Waals surface area (Å²) in [5.74, 6) is 4.16. The Balaban J connectivity index is 1.50. The summed E-state index contributed by atoms with van der Waals surface area (Å²) < 4.78 is 28.3. The van der Waals surface area contributed by atoms with Gasteiger partial charge >= 0.3 is 12.2 Å². The minimum Gasteiger partial charge on any atom is -0.561 e. The maximum atomic E-state index is 12.9. The van der Waals surface area contributed by atoms with Crippen LogP contribution in [0.2, 0.25) is 0 Å². The fourth-order valence-electron chi connectivity index (χ4n) is 3.45. The van der Waals surface area contributed by atoms with Gasteiger partial charge in [-0.3, -0.25) is 4.84 Å². The second kappa shape index (κ2) is 12.6. The van der Waals surface area contributed by atoms with Crippen LogP contribution in [-0.2, 0) is 19.7 Å². The molecule has 4 rings (SSSR count). The number of carbonyl (C=O) groups excluding carboxylic acids is 2. The third-order valence-corrected chi connectivity index (χ3v) is 5.58. The molecule has 12 heteroatoms. The normalized spacial score (nSPS) is 11.5. The van der Waals surface area contributed by atoms with Gasteiger partial charge in [0.05, 0.1) is 29.7 Å². The zero-order valence-electron chi connectivity index (χ0n) is 20.8. The van der Waals surface area contributed by atoms with Gasteiger partial charge in [-0.15, -0.1) is 15.7 Å². The van der Waals surface area contributed by atoms with Gasteiger partial charge in [0.15, 0.2) is 0 Å². The summed E-state index contributed by atoms with van der Waals surface area (Å²) in [6, 6.07) is 24.1. The molecule has 0 bridgehead atoms. The summed E-state index contributed by atoms with van der Waals surface area (Å²) in [5.41, 5.74) is 8.24. The summed E-state index contributed by atoms with van der Waals surface area (Å²) in [5, 5.41) is 5.22. The first-order valence-electron chi connectivity index (χ1n) is 11.6. The summed E-state index contributed by atoms with van der Waals surface area (Å²) in [6.45, 7) is 1.54. The number of nitrogens with zero attached hydrogens (tertiary/aromatic N) is 3. The smallest absolute Gasteiger partial charge is 0.539 e. The van der Waals surface area contributed by atoms with Gasteiger partial charge in [-0.2, -0.15) is 11.0 Å². The number of hydroxylamine groups is 2. The third kappa shape index (κ3) is 7.60. The lowest BCUT2D eigenvalue weighted by Gasteiger charge is -2.22. The molecule has 1 aromatic heterocycles. The first-order chi connectivity index (χ1) is 18.8. The Morgan fingerprint density at radius 3 is 2.13 bits per heavy atom. The number of ether oxygens (including phenoxy) is 2. The van der Waals surface area contributed by atoms with E-state index in [1.54, 1.807) is 95.7 Å². The second-order valence-corrected chi connectivity index (χ2v) is 8.88. The SMILES string of the molecule is C=[S-](=O)Oc1ccc(-n2nc(C(N)CN(OC(=O)Oc3ccccc3)C(=O)Oc3ccccc3)cc2C)cc1. The average molecular weight is 550 g/mol. The molecule has 1 unspecified atom stereocenters. The fourth-order valence-corrected chi connectivity index (χ4v) is 3.77. The number of amides is 1. The van der Waals surface area contributed by atoms with E-state index in [0.29, 0.717) is 22.2 Å². The number of carbonyl (C=O) groups is 2. The monoisotopic (exact) mass is 549 g/mol.